The predicted octanol–water partition coefficient (Wildman–Crippen LogP) is 2.08. The van der Waals surface area contributed by atoms with Gasteiger partial charge in [-0.25, -0.2) is 8.78 Å². The van der Waals surface area contributed by atoms with Crippen LogP contribution in [0.25, 0.3) is 0 Å². The summed E-state index contributed by atoms with van der Waals surface area (Å²) >= 11 is 3.04. The third-order valence-electron chi connectivity index (χ3n) is 1.67. The molecule has 0 radical (unpaired) electrons. The Bertz CT molecular complexity index is 436. The molecule has 0 aliphatic carbocycles. The summed E-state index contributed by atoms with van der Waals surface area (Å²) < 4.78 is 24.5. The number of aromatic nitrogens is 1. The predicted molar refractivity (Wildman–Crippen MR) is 49.4 cm³/mol. The smallest absolute Gasteiger partial charge is 0.269 e. The van der Waals surface area contributed by atoms with E-state index < -0.39 is 17.4 Å². The maximum absolute atomic E-state index is 12.2. The Kier molecular flexibility index (Phi) is 3.36. The SMILES string of the molecule is N#Cc1c(CBr)[nH]cc(C(F)F)c1=O. The second kappa shape index (κ2) is 4.33. The highest BCUT2D eigenvalue weighted by Crippen LogP contribution is 2.15. The molecule has 3 nitrogen and oxygen atoms in total. The van der Waals surface area contributed by atoms with Crippen molar-refractivity contribution in [3.05, 3.63) is 33.2 Å². The van der Waals surface area contributed by atoms with Gasteiger partial charge in [0, 0.05) is 17.2 Å². The molecule has 0 fully saturated rings. The van der Waals surface area contributed by atoms with Crippen molar-refractivity contribution < 1.29 is 8.78 Å². The molecule has 0 saturated carbocycles. The second-order valence-electron chi connectivity index (χ2n) is 2.47. The summed E-state index contributed by atoms with van der Waals surface area (Å²) in [6.45, 7) is 0. The van der Waals surface area contributed by atoms with Crippen LogP contribution in [-0.4, -0.2) is 4.98 Å². The molecule has 1 N–H and O–H groups in total. The first kappa shape index (κ1) is 10.9. The number of halogens is 3. The van der Waals surface area contributed by atoms with Crippen molar-refractivity contribution in [1.29, 1.82) is 5.26 Å². The zero-order valence-corrected chi connectivity index (χ0v) is 8.44. The van der Waals surface area contributed by atoms with E-state index >= 15 is 0 Å². The zero-order chi connectivity index (χ0) is 10.7. The van der Waals surface area contributed by atoms with Gasteiger partial charge in [-0.1, -0.05) is 15.9 Å². The van der Waals surface area contributed by atoms with E-state index in [1.807, 2.05) is 0 Å². The van der Waals surface area contributed by atoms with Crippen LogP contribution in [0.3, 0.4) is 0 Å². The molecule has 0 amide bonds. The fourth-order valence-electron chi connectivity index (χ4n) is 0.970. The monoisotopic (exact) mass is 262 g/mol. The van der Waals surface area contributed by atoms with Crippen LogP contribution in [0.1, 0.15) is 23.2 Å². The van der Waals surface area contributed by atoms with Crippen molar-refractivity contribution in [2.24, 2.45) is 0 Å². The van der Waals surface area contributed by atoms with Gasteiger partial charge in [-0.05, 0) is 0 Å². The number of hydrogen-bond donors (Lipinski definition) is 1. The molecule has 1 rings (SSSR count). The Balaban J connectivity index is 3.45. The number of nitriles is 1. The number of alkyl halides is 3. The molecule has 1 heterocycles. The number of H-pyrrole nitrogens is 1. The van der Waals surface area contributed by atoms with Crippen LogP contribution in [-0.2, 0) is 5.33 Å². The molecule has 0 atom stereocenters. The Morgan fingerprint density at radius 1 is 1.64 bits per heavy atom. The van der Waals surface area contributed by atoms with E-state index in [4.69, 9.17) is 5.26 Å². The lowest BCUT2D eigenvalue weighted by atomic mass is 10.1. The average Bonchev–Trinajstić information content (AvgIpc) is 2.16. The molecule has 0 aromatic carbocycles. The highest BCUT2D eigenvalue weighted by molar-refractivity contribution is 9.08. The summed E-state index contributed by atoms with van der Waals surface area (Å²) in [6.07, 6.45) is -1.93. The quantitative estimate of drug-likeness (QED) is 0.830. The Hall–Kier alpha value is -1.22. The Morgan fingerprint density at radius 2 is 2.29 bits per heavy atom. The molecule has 0 unspecified atom stereocenters. The van der Waals surface area contributed by atoms with Gasteiger partial charge >= 0.3 is 0 Å². The standard InChI is InChI=1S/C8H5BrF2N2O/c9-1-6-4(2-12)7(14)5(3-13-6)8(10)11/h3,8H,1H2,(H,13,14). The number of nitrogens with one attached hydrogen (secondary N) is 1. The fraction of sp³-hybridized carbons (Fsp3) is 0.250. The summed E-state index contributed by atoms with van der Waals surface area (Å²) in [5.41, 5.74) is -1.54. The number of rotatable bonds is 2. The molecule has 6 heteroatoms. The molecule has 0 aliphatic rings. The molecular weight excluding hydrogens is 258 g/mol. The molecule has 14 heavy (non-hydrogen) atoms. The van der Waals surface area contributed by atoms with Crippen LogP contribution in [0.15, 0.2) is 11.0 Å². The number of pyridine rings is 1. The summed E-state index contributed by atoms with van der Waals surface area (Å²) in [6, 6.07) is 1.60. The van der Waals surface area contributed by atoms with E-state index in [0.29, 0.717) is 5.69 Å². The van der Waals surface area contributed by atoms with Gasteiger partial charge in [-0.3, -0.25) is 4.79 Å². The van der Waals surface area contributed by atoms with E-state index in [1.165, 1.54) is 0 Å². The summed E-state index contributed by atoms with van der Waals surface area (Å²) in [7, 11) is 0. The van der Waals surface area contributed by atoms with Gasteiger partial charge < -0.3 is 4.98 Å². The minimum absolute atomic E-state index is 0.245. The van der Waals surface area contributed by atoms with E-state index in [-0.39, 0.29) is 10.9 Å². The van der Waals surface area contributed by atoms with Gasteiger partial charge in [0.25, 0.3) is 6.43 Å². The molecule has 1 aromatic heterocycles. The zero-order valence-electron chi connectivity index (χ0n) is 6.85. The van der Waals surface area contributed by atoms with Gasteiger partial charge in [-0.15, -0.1) is 0 Å². The van der Waals surface area contributed by atoms with Crippen molar-refractivity contribution in [3.63, 3.8) is 0 Å². The van der Waals surface area contributed by atoms with Crippen LogP contribution in [0.2, 0.25) is 0 Å². The lowest BCUT2D eigenvalue weighted by Crippen LogP contribution is -2.16. The van der Waals surface area contributed by atoms with Crippen LogP contribution in [0.5, 0.6) is 0 Å². The topological polar surface area (TPSA) is 56.6 Å². The van der Waals surface area contributed by atoms with Crippen molar-refractivity contribution in [2.45, 2.75) is 11.8 Å². The molecule has 74 valence electrons. The summed E-state index contributed by atoms with van der Waals surface area (Å²) in [5, 5.41) is 8.85. The van der Waals surface area contributed by atoms with Crippen LogP contribution < -0.4 is 5.43 Å². The van der Waals surface area contributed by atoms with Crippen LogP contribution in [0.4, 0.5) is 8.78 Å². The van der Waals surface area contributed by atoms with E-state index in [2.05, 4.69) is 20.9 Å². The molecule has 0 saturated heterocycles. The van der Waals surface area contributed by atoms with E-state index in [1.54, 1.807) is 6.07 Å². The summed E-state index contributed by atoms with van der Waals surface area (Å²) in [5.74, 6) is 0. The van der Waals surface area contributed by atoms with Gasteiger partial charge in [-0.2, -0.15) is 5.26 Å². The minimum Gasteiger partial charge on any atom is -0.362 e. The lowest BCUT2D eigenvalue weighted by molar-refractivity contribution is 0.149. The van der Waals surface area contributed by atoms with Crippen molar-refractivity contribution in [1.82, 2.24) is 4.98 Å². The number of hydrogen-bond acceptors (Lipinski definition) is 2. The minimum atomic E-state index is -2.87. The highest BCUT2D eigenvalue weighted by Gasteiger charge is 2.16. The van der Waals surface area contributed by atoms with Gasteiger partial charge in [0.1, 0.15) is 11.6 Å². The van der Waals surface area contributed by atoms with Gasteiger partial charge in [0.05, 0.1) is 5.56 Å². The van der Waals surface area contributed by atoms with Crippen LogP contribution in [0, 0.1) is 11.3 Å². The molecule has 1 aromatic rings. The third kappa shape index (κ3) is 1.82. The highest BCUT2D eigenvalue weighted by atomic mass is 79.9. The lowest BCUT2D eigenvalue weighted by Gasteiger charge is -2.02. The van der Waals surface area contributed by atoms with Crippen molar-refractivity contribution >= 4 is 15.9 Å². The summed E-state index contributed by atoms with van der Waals surface area (Å²) in [4.78, 5) is 13.8. The van der Waals surface area contributed by atoms with Gasteiger partial charge in [0.15, 0.2) is 0 Å². The molecule has 0 bridgehead atoms. The van der Waals surface area contributed by atoms with E-state index in [0.717, 1.165) is 6.20 Å². The Labute approximate surface area is 86.5 Å². The second-order valence-corrected chi connectivity index (χ2v) is 3.03. The molecular formula is C8H5BrF2N2O. The normalized spacial score (nSPS) is 10.2. The first-order chi connectivity index (χ1) is 6.61. The first-order valence-electron chi connectivity index (χ1n) is 3.60. The van der Waals surface area contributed by atoms with Crippen molar-refractivity contribution in [3.8, 4) is 6.07 Å². The molecule has 0 spiro atoms. The number of nitrogens with zero attached hydrogens (tertiary/aromatic N) is 1. The van der Waals surface area contributed by atoms with Crippen LogP contribution >= 0.6 is 15.9 Å². The largest absolute Gasteiger partial charge is 0.362 e. The third-order valence-corrected chi connectivity index (χ3v) is 2.23. The number of aromatic amines is 1. The maximum Gasteiger partial charge on any atom is 0.269 e. The first-order valence-corrected chi connectivity index (χ1v) is 4.72. The maximum atomic E-state index is 12.2. The Morgan fingerprint density at radius 3 is 2.71 bits per heavy atom. The van der Waals surface area contributed by atoms with Crippen molar-refractivity contribution in [2.75, 3.05) is 0 Å². The van der Waals surface area contributed by atoms with Gasteiger partial charge in [0.2, 0.25) is 5.43 Å². The molecule has 0 aliphatic heterocycles. The average molecular weight is 263 g/mol. The fourth-order valence-corrected chi connectivity index (χ4v) is 1.41. The van der Waals surface area contributed by atoms with E-state index in [9.17, 15) is 13.6 Å².